The molecule has 0 unspecified atom stereocenters. The summed E-state index contributed by atoms with van der Waals surface area (Å²) in [6.45, 7) is 0.916. The number of anilines is 1. The van der Waals surface area contributed by atoms with Crippen molar-refractivity contribution in [3.63, 3.8) is 0 Å². The summed E-state index contributed by atoms with van der Waals surface area (Å²) >= 11 is 0. The molecular weight excluding hydrogens is 252 g/mol. The normalized spacial score (nSPS) is 15.2. The SMILES string of the molecule is NCCOc1ccccc1NC(=O)CCC1CCCC1. The number of benzene rings is 1. The van der Waals surface area contributed by atoms with Gasteiger partial charge in [0.2, 0.25) is 5.91 Å². The van der Waals surface area contributed by atoms with Crippen molar-refractivity contribution in [2.45, 2.75) is 38.5 Å². The average molecular weight is 276 g/mol. The molecule has 1 aliphatic rings. The summed E-state index contributed by atoms with van der Waals surface area (Å²) in [5, 5.41) is 2.94. The maximum absolute atomic E-state index is 12.0. The molecule has 1 amide bonds. The van der Waals surface area contributed by atoms with E-state index in [0.29, 0.717) is 25.3 Å². The number of ether oxygens (including phenoxy) is 1. The van der Waals surface area contributed by atoms with Gasteiger partial charge in [-0.3, -0.25) is 4.79 Å². The summed E-state index contributed by atoms with van der Waals surface area (Å²) in [7, 11) is 0. The first kappa shape index (κ1) is 14.9. The standard InChI is InChI=1S/C16H24N2O2/c17-11-12-20-15-8-4-3-7-14(15)18-16(19)10-9-13-5-1-2-6-13/h3-4,7-8,13H,1-2,5-6,9-12,17H2,(H,18,19). The van der Waals surface area contributed by atoms with E-state index in [1.807, 2.05) is 24.3 Å². The second kappa shape index (κ2) is 7.90. The molecule has 4 nitrogen and oxygen atoms in total. The number of hydrogen-bond acceptors (Lipinski definition) is 3. The Kier molecular flexibility index (Phi) is 5.87. The molecule has 0 atom stereocenters. The number of carbonyl (C=O) groups is 1. The summed E-state index contributed by atoms with van der Waals surface area (Å²) in [6, 6.07) is 7.49. The fourth-order valence-corrected chi connectivity index (χ4v) is 2.71. The predicted molar refractivity (Wildman–Crippen MR) is 80.8 cm³/mol. The van der Waals surface area contributed by atoms with Crippen LogP contribution in [-0.4, -0.2) is 19.1 Å². The third kappa shape index (κ3) is 4.53. The summed E-state index contributed by atoms with van der Waals surface area (Å²) < 4.78 is 5.53. The summed E-state index contributed by atoms with van der Waals surface area (Å²) in [6.07, 6.45) is 6.80. The Morgan fingerprint density at radius 1 is 1.30 bits per heavy atom. The first-order valence-corrected chi connectivity index (χ1v) is 7.51. The number of nitrogens with one attached hydrogen (secondary N) is 1. The van der Waals surface area contributed by atoms with Crippen LogP contribution in [0, 0.1) is 5.92 Å². The van der Waals surface area contributed by atoms with E-state index in [1.54, 1.807) is 0 Å². The molecule has 2 rings (SSSR count). The molecule has 0 spiro atoms. The number of carbonyl (C=O) groups excluding carboxylic acids is 1. The molecule has 110 valence electrons. The molecule has 1 saturated carbocycles. The van der Waals surface area contributed by atoms with Crippen molar-refractivity contribution in [2.75, 3.05) is 18.5 Å². The maximum atomic E-state index is 12.0. The number of para-hydroxylation sites is 2. The van der Waals surface area contributed by atoms with E-state index in [9.17, 15) is 4.79 Å². The Morgan fingerprint density at radius 2 is 2.05 bits per heavy atom. The van der Waals surface area contributed by atoms with Crippen molar-refractivity contribution in [3.8, 4) is 5.75 Å². The van der Waals surface area contributed by atoms with Crippen LogP contribution >= 0.6 is 0 Å². The Bertz CT molecular complexity index is 428. The van der Waals surface area contributed by atoms with Crippen LogP contribution in [0.3, 0.4) is 0 Å². The monoisotopic (exact) mass is 276 g/mol. The molecule has 0 saturated heterocycles. The van der Waals surface area contributed by atoms with Crippen LogP contribution in [0.1, 0.15) is 38.5 Å². The van der Waals surface area contributed by atoms with E-state index in [2.05, 4.69) is 5.32 Å². The van der Waals surface area contributed by atoms with Crippen LogP contribution in [-0.2, 0) is 4.79 Å². The lowest BCUT2D eigenvalue weighted by atomic mass is 10.0. The van der Waals surface area contributed by atoms with Gasteiger partial charge in [0.1, 0.15) is 12.4 Å². The van der Waals surface area contributed by atoms with Crippen molar-refractivity contribution in [2.24, 2.45) is 11.7 Å². The topological polar surface area (TPSA) is 64.3 Å². The zero-order valence-corrected chi connectivity index (χ0v) is 11.9. The lowest BCUT2D eigenvalue weighted by Gasteiger charge is -2.13. The van der Waals surface area contributed by atoms with Gasteiger partial charge in [-0.1, -0.05) is 37.8 Å². The van der Waals surface area contributed by atoms with E-state index in [0.717, 1.165) is 18.0 Å². The Labute approximate surface area is 120 Å². The molecule has 0 aliphatic heterocycles. The van der Waals surface area contributed by atoms with Gasteiger partial charge in [-0.15, -0.1) is 0 Å². The minimum atomic E-state index is 0.0701. The lowest BCUT2D eigenvalue weighted by molar-refractivity contribution is -0.116. The fourth-order valence-electron chi connectivity index (χ4n) is 2.71. The Morgan fingerprint density at radius 3 is 2.80 bits per heavy atom. The van der Waals surface area contributed by atoms with Gasteiger partial charge in [-0.25, -0.2) is 0 Å². The van der Waals surface area contributed by atoms with Crippen molar-refractivity contribution < 1.29 is 9.53 Å². The van der Waals surface area contributed by atoms with Gasteiger partial charge in [-0.2, -0.15) is 0 Å². The van der Waals surface area contributed by atoms with E-state index < -0.39 is 0 Å². The third-order valence-electron chi connectivity index (χ3n) is 3.79. The van der Waals surface area contributed by atoms with E-state index in [1.165, 1.54) is 25.7 Å². The van der Waals surface area contributed by atoms with Crippen molar-refractivity contribution >= 4 is 11.6 Å². The van der Waals surface area contributed by atoms with E-state index in [-0.39, 0.29) is 5.91 Å². The van der Waals surface area contributed by atoms with Gasteiger partial charge in [-0.05, 0) is 24.5 Å². The minimum Gasteiger partial charge on any atom is -0.490 e. The molecule has 4 heteroatoms. The van der Waals surface area contributed by atoms with Crippen LogP contribution in [0.4, 0.5) is 5.69 Å². The van der Waals surface area contributed by atoms with Crippen LogP contribution in [0.2, 0.25) is 0 Å². The van der Waals surface area contributed by atoms with Crippen molar-refractivity contribution in [1.29, 1.82) is 0 Å². The van der Waals surface area contributed by atoms with Gasteiger partial charge in [0.05, 0.1) is 5.69 Å². The smallest absolute Gasteiger partial charge is 0.224 e. The molecule has 1 aromatic carbocycles. The molecule has 0 aromatic heterocycles. The highest BCUT2D eigenvalue weighted by Crippen LogP contribution is 2.29. The second-order valence-corrected chi connectivity index (χ2v) is 5.37. The van der Waals surface area contributed by atoms with Crippen LogP contribution in [0.25, 0.3) is 0 Å². The van der Waals surface area contributed by atoms with Crippen LogP contribution in [0.5, 0.6) is 5.75 Å². The average Bonchev–Trinajstić information content (AvgIpc) is 2.97. The van der Waals surface area contributed by atoms with Crippen molar-refractivity contribution in [1.82, 2.24) is 0 Å². The summed E-state index contributed by atoms with van der Waals surface area (Å²) in [5.74, 6) is 1.50. The van der Waals surface area contributed by atoms with Gasteiger partial charge in [0.15, 0.2) is 0 Å². The zero-order valence-electron chi connectivity index (χ0n) is 11.9. The zero-order chi connectivity index (χ0) is 14.2. The van der Waals surface area contributed by atoms with Gasteiger partial charge < -0.3 is 15.8 Å². The number of hydrogen-bond donors (Lipinski definition) is 2. The lowest BCUT2D eigenvalue weighted by Crippen LogP contribution is -2.15. The van der Waals surface area contributed by atoms with Crippen LogP contribution in [0.15, 0.2) is 24.3 Å². The van der Waals surface area contributed by atoms with Crippen LogP contribution < -0.4 is 15.8 Å². The quantitative estimate of drug-likeness (QED) is 0.804. The Balaban J connectivity index is 1.83. The first-order chi connectivity index (χ1) is 9.79. The fraction of sp³-hybridized carbons (Fsp3) is 0.562. The largest absolute Gasteiger partial charge is 0.490 e. The molecule has 1 aliphatic carbocycles. The summed E-state index contributed by atoms with van der Waals surface area (Å²) in [4.78, 5) is 12.0. The molecule has 1 aromatic rings. The van der Waals surface area contributed by atoms with Gasteiger partial charge >= 0.3 is 0 Å². The number of amides is 1. The highest BCUT2D eigenvalue weighted by atomic mass is 16.5. The molecular formula is C16H24N2O2. The minimum absolute atomic E-state index is 0.0701. The maximum Gasteiger partial charge on any atom is 0.224 e. The highest BCUT2D eigenvalue weighted by Gasteiger charge is 2.16. The van der Waals surface area contributed by atoms with Gasteiger partial charge in [0, 0.05) is 13.0 Å². The third-order valence-corrected chi connectivity index (χ3v) is 3.79. The van der Waals surface area contributed by atoms with Crippen molar-refractivity contribution in [3.05, 3.63) is 24.3 Å². The second-order valence-electron chi connectivity index (χ2n) is 5.37. The molecule has 20 heavy (non-hydrogen) atoms. The predicted octanol–water partition coefficient (Wildman–Crippen LogP) is 2.93. The van der Waals surface area contributed by atoms with Gasteiger partial charge in [0.25, 0.3) is 0 Å². The first-order valence-electron chi connectivity index (χ1n) is 7.51. The number of rotatable bonds is 7. The molecule has 1 fully saturated rings. The molecule has 0 heterocycles. The highest BCUT2D eigenvalue weighted by molar-refractivity contribution is 5.92. The van der Waals surface area contributed by atoms with E-state index in [4.69, 9.17) is 10.5 Å². The summed E-state index contributed by atoms with van der Waals surface area (Å²) in [5.41, 5.74) is 6.17. The number of nitrogens with two attached hydrogens (primary N) is 1. The van der Waals surface area contributed by atoms with E-state index >= 15 is 0 Å². The Hall–Kier alpha value is -1.55. The molecule has 0 radical (unpaired) electrons. The molecule has 0 bridgehead atoms. The molecule has 3 N–H and O–H groups in total.